The number of piperazine rings is 1. The Balaban J connectivity index is 1.41. The van der Waals surface area contributed by atoms with Crippen molar-refractivity contribution in [2.24, 2.45) is 0 Å². The van der Waals surface area contributed by atoms with E-state index in [1.807, 2.05) is 24.3 Å². The summed E-state index contributed by atoms with van der Waals surface area (Å²) < 4.78 is 1.27. The van der Waals surface area contributed by atoms with Gasteiger partial charge in [-0.15, -0.1) is 11.3 Å². The van der Waals surface area contributed by atoms with Crippen molar-refractivity contribution in [2.45, 2.75) is 6.54 Å². The SMILES string of the molecule is Oc1ccccc1N1CC[NH+](Cc2nc3ccccc3s2)CC1. The van der Waals surface area contributed by atoms with E-state index in [1.54, 1.807) is 22.3 Å². The van der Waals surface area contributed by atoms with E-state index in [1.165, 1.54) is 9.71 Å². The van der Waals surface area contributed by atoms with E-state index in [4.69, 9.17) is 4.98 Å². The lowest BCUT2D eigenvalue weighted by atomic mass is 10.2. The second-order valence-corrected chi connectivity index (χ2v) is 7.09. The number of hydrogen-bond donors (Lipinski definition) is 2. The Morgan fingerprint density at radius 1 is 1.04 bits per heavy atom. The van der Waals surface area contributed by atoms with Gasteiger partial charge in [0.2, 0.25) is 0 Å². The number of phenols is 1. The Hall–Kier alpha value is -2.11. The van der Waals surface area contributed by atoms with E-state index in [9.17, 15) is 5.11 Å². The number of hydrogen-bond acceptors (Lipinski definition) is 4. The van der Waals surface area contributed by atoms with Gasteiger partial charge < -0.3 is 14.9 Å². The molecule has 1 aromatic heterocycles. The lowest BCUT2D eigenvalue weighted by Crippen LogP contribution is -3.13. The fourth-order valence-electron chi connectivity index (χ4n) is 3.18. The van der Waals surface area contributed by atoms with E-state index in [-0.39, 0.29) is 0 Å². The van der Waals surface area contributed by atoms with Crippen molar-refractivity contribution in [3.05, 3.63) is 53.5 Å². The molecule has 0 radical (unpaired) electrons. The van der Waals surface area contributed by atoms with Crippen LogP contribution in [0, 0.1) is 0 Å². The molecular weight excluding hydrogens is 306 g/mol. The molecule has 2 N–H and O–H groups in total. The molecule has 1 saturated heterocycles. The largest absolute Gasteiger partial charge is 0.506 e. The van der Waals surface area contributed by atoms with Gasteiger partial charge >= 0.3 is 0 Å². The van der Waals surface area contributed by atoms with Gasteiger partial charge in [0.05, 0.1) is 42.1 Å². The van der Waals surface area contributed by atoms with Crippen molar-refractivity contribution in [3.8, 4) is 5.75 Å². The zero-order valence-corrected chi connectivity index (χ0v) is 13.7. The van der Waals surface area contributed by atoms with Crippen molar-refractivity contribution in [1.82, 2.24) is 4.98 Å². The molecule has 2 aromatic carbocycles. The fourth-order valence-corrected chi connectivity index (χ4v) is 4.22. The van der Waals surface area contributed by atoms with Gasteiger partial charge in [0.1, 0.15) is 17.3 Å². The minimum absolute atomic E-state index is 0.377. The summed E-state index contributed by atoms with van der Waals surface area (Å²) in [5.74, 6) is 0.377. The molecule has 0 atom stereocenters. The molecule has 0 amide bonds. The first kappa shape index (κ1) is 14.5. The summed E-state index contributed by atoms with van der Waals surface area (Å²) in [6.07, 6.45) is 0. The maximum Gasteiger partial charge on any atom is 0.148 e. The predicted molar refractivity (Wildman–Crippen MR) is 94.3 cm³/mol. The summed E-state index contributed by atoms with van der Waals surface area (Å²) in [4.78, 5) is 8.58. The molecule has 23 heavy (non-hydrogen) atoms. The zero-order chi connectivity index (χ0) is 15.6. The molecule has 0 saturated carbocycles. The molecule has 0 bridgehead atoms. The Morgan fingerprint density at radius 2 is 1.78 bits per heavy atom. The highest BCUT2D eigenvalue weighted by atomic mass is 32.1. The highest BCUT2D eigenvalue weighted by Crippen LogP contribution is 2.26. The molecule has 1 fully saturated rings. The normalized spacial score (nSPS) is 16.1. The smallest absolute Gasteiger partial charge is 0.148 e. The molecule has 0 aliphatic carbocycles. The first-order chi connectivity index (χ1) is 11.3. The number of benzene rings is 2. The highest BCUT2D eigenvalue weighted by molar-refractivity contribution is 7.18. The second kappa shape index (κ2) is 6.18. The number of nitrogens with zero attached hydrogens (tertiary/aromatic N) is 2. The van der Waals surface area contributed by atoms with Crippen molar-refractivity contribution in [1.29, 1.82) is 0 Å². The molecule has 3 aromatic rings. The third-order valence-corrected chi connectivity index (χ3v) is 5.47. The summed E-state index contributed by atoms with van der Waals surface area (Å²) >= 11 is 1.81. The molecule has 0 spiro atoms. The molecule has 1 aliphatic rings. The van der Waals surface area contributed by atoms with Crippen LogP contribution in [-0.4, -0.2) is 36.3 Å². The number of thiazole rings is 1. The van der Waals surface area contributed by atoms with E-state index in [0.717, 1.165) is 43.9 Å². The summed E-state index contributed by atoms with van der Waals surface area (Å²) in [7, 11) is 0. The van der Waals surface area contributed by atoms with Crippen molar-refractivity contribution in [3.63, 3.8) is 0 Å². The van der Waals surface area contributed by atoms with E-state index >= 15 is 0 Å². The Labute approximate surface area is 139 Å². The van der Waals surface area contributed by atoms with Crippen LogP contribution in [-0.2, 0) is 6.54 Å². The van der Waals surface area contributed by atoms with Crippen molar-refractivity contribution < 1.29 is 10.0 Å². The van der Waals surface area contributed by atoms with Gasteiger partial charge in [0.25, 0.3) is 0 Å². The number of rotatable bonds is 3. The molecule has 2 heterocycles. The number of quaternary nitrogens is 1. The average Bonchev–Trinajstić information content (AvgIpc) is 2.98. The van der Waals surface area contributed by atoms with Crippen LogP contribution in [0.4, 0.5) is 5.69 Å². The number of fused-ring (bicyclic) bond motifs is 1. The third-order valence-electron chi connectivity index (χ3n) is 4.43. The third kappa shape index (κ3) is 3.02. The molecule has 1 aliphatic heterocycles. The number of aromatic hydroxyl groups is 1. The zero-order valence-electron chi connectivity index (χ0n) is 12.9. The van der Waals surface area contributed by atoms with Crippen LogP contribution < -0.4 is 9.80 Å². The van der Waals surface area contributed by atoms with E-state index in [2.05, 4.69) is 23.1 Å². The van der Waals surface area contributed by atoms with Crippen molar-refractivity contribution >= 4 is 27.2 Å². The van der Waals surface area contributed by atoms with Gasteiger partial charge in [-0.05, 0) is 24.3 Å². The number of para-hydroxylation sites is 3. The maximum absolute atomic E-state index is 9.99. The maximum atomic E-state index is 9.99. The van der Waals surface area contributed by atoms with Crippen LogP contribution in [0.15, 0.2) is 48.5 Å². The lowest BCUT2D eigenvalue weighted by Gasteiger charge is -2.33. The summed E-state index contributed by atoms with van der Waals surface area (Å²) in [5, 5.41) is 11.2. The highest BCUT2D eigenvalue weighted by Gasteiger charge is 2.22. The van der Waals surface area contributed by atoms with E-state index in [0.29, 0.717) is 5.75 Å². The molecule has 5 heteroatoms. The standard InChI is InChI=1S/C18H19N3OS/c22-16-7-3-2-6-15(16)21-11-9-20(10-12-21)13-18-19-14-5-1-4-8-17(14)23-18/h1-8,22H,9-13H2/p+1. The van der Waals surface area contributed by atoms with Gasteiger partial charge in [-0.3, -0.25) is 0 Å². The number of aromatic nitrogens is 1. The van der Waals surface area contributed by atoms with E-state index < -0.39 is 0 Å². The number of anilines is 1. The summed E-state index contributed by atoms with van der Waals surface area (Å²) in [6.45, 7) is 5.08. The van der Waals surface area contributed by atoms with Crippen LogP contribution in [0.5, 0.6) is 5.75 Å². The first-order valence-electron chi connectivity index (χ1n) is 8.00. The Bertz CT molecular complexity index is 776. The topological polar surface area (TPSA) is 40.8 Å². The Morgan fingerprint density at radius 3 is 2.57 bits per heavy atom. The summed E-state index contributed by atoms with van der Waals surface area (Å²) in [5.41, 5.74) is 2.06. The quantitative estimate of drug-likeness (QED) is 0.772. The van der Waals surface area contributed by atoms with Crippen LogP contribution in [0.1, 0.15) is 5.01 Å². The number of phenolic OH excluding ortho intramolecular Hbond substituents is 1. The van der Waals surface area contributed by atoms with Crippen LogP contribution in [0.3, 0.4) is 0 Å². The predicted octanol–water partition coefficient (Wildman–Crippen LogP) is 1.91. The van der Waals surface area contributed by atoms with Crippen LogP contribution in [0.25, 0.3) is 10.2 Å². The molecule has 4 rings (SSSR count). The van der Waals surface area contributed by atoms with Gasteiger partial charge in [-0.1, -0.05) is 24.3 Å². The minimum atomic E-state index is 0.377. The van der Waals surface area contributed by atoms with Crippen LogP contribution in [0.2, 0.25) is 0 Å². The average molecular weight is 326 g/mol. The monoisotopic (exact) mass is 326 g/mol. The van der Waals surface area contributed by atoms with Gasteiger partial charge in [-0.2, -0.15) is 0 Å². The molecular formula is C18H20N3OS+. The van der Waals surface area contributed by atoms with Crippen molar-refractivity contribution in [2.75, 3.05) is 31.1 Å². The fraction of sp³-hybridized carbons (Fsp3) is 0.278. The molecule has 4 nitrogen and oxygen atoms in total. The molecule has 118 valence electrons. The second-order valence-electron chi connectivity index (χ2n) is 5.98. The van der Waals surface area contributed by atoms with Gasteiger partial charge in [0, 0.05) is 0 Å². The van der Waals surface area contributed by atoms with Gasteiger partial charge in [0.15, 0.2) is 0 Å². The van der Waals surface area contributed by atoms with Gasteiger partial charge in [-0.25, -0.2) is 4.98 Å². The first-order valence-corrected chi connectivity index (χ1v) is 8.82. The lowest BCUT2D eigenvalue weighted by molar-refractivity contribution is -0.914. The van der Waals surface area contributed by atoms with Crippen LogP contribution >= 0.6 is 11.3 Å². The summed E-state index contributed by atoms with van der Waals surface area (Å²) in [6, 6.07) is 15.9. The molecule has 0 unspecified atom stereocenters. The minimum Gasteiger partial charge on any atom is -0.506 e. The Kier molecular flexibility index (Phi) is 3.89. The number of nitrogens with one attached hydrogen (secondary N) is 1.